The van der Waals surface area contributed by atoms with Gasteiger partial charge in [-0.25, -0.2) is 0 Å². The van der Waals surface area contributed by atoms with E-state index in [-0.39, 0.29) is 17.9 Å². The summed E-state index contributed by atoms with van der Waals surface area (Å²) >= 11 is 1.61. The molecule has 1 fully saturated rings. The van der Waals surface area contributed by atoms with Crippen molar-refractivity contribution in [3.8, 4) is 6.07 Å². The van der Waals surface area contributed by atoms with Crippen molar-refractivity contribution in [2.24, 2.45) is 11.7 Å². The molecule has 0 radical (unpaired) electrons. The summed E-state index contributed by atoms with van der Waals surface area (Å²) in [6.07, 6.45) is 0.880. The number of thioether (sulfide) groups is 1. The molecule has 1 saturated heterocycles. The van der Waals surface area contributed by atoms with E-state index in [0.29, 0.717) is 11.6 Å². The molecule has 3 atom stereocenters. The van der Waals surface area contributed by atoms with E-state index in [9.17, 15) is 4.79 Å². The number of amides is 1. The van der Waals surface area contributed by atoms with Gasteiger partial charge in [0.25, 0.3) is 0 Å². The minimum Gasteiger partial charge on any atom is -0.320 e. The van der Waals surface area contributed by atoms with Gasteiger partial charge in [0.05, 0.1) is 18.0 Å². The van der Waals surface area contributed by atoms with E-state index in [2.05, 4.69) is 6.07 Å². The van der Waals surface area contributed by atoms with Gasteiger partial charge in [0.1, 0.15) is 6.04 Å². The summed E-state index contributed by atoms with van der Waals surface area (Å²) in [6, 6.07) is 1.37. The molecule has 0 aromatic carbocycles. The number of hydrogen-bond acceptors (Lipinski definition) is 4. The zero-order valence-corrected chi connectivity index (χ0v) is 9.96. The quantitative estimate of drug-likeness (QED) is 0.773. The lowest BCUT2D eigenvalue weighted by Crippen LogP contribution is -2.48. The summed E-state index contributed by atoms with van der Waals surface area (Å²) in [5.41, 5.74) is 5.86. The summed E-state index contributed by atoms with van der Waals surface area (Å²) in [7, 11) is 0. The van der Waals surface area contributed by atoms with Crippen LogP contribution in [-0.2, 0) is 4.79 Å². The molecule has 0 spiro atoms. The van der Waals surface area contributed by atoms with Gasteiger partial charge in [-0.2, -0.15) is 5.26 Å². The molecule has 0 saturated carbocycles. The monoisotopic (exact) mass is 227 g/mol. The Kier molecular flexibility index (Phi) is 4.43. The van der Waals surface area contributed by atoms with Crippen LogP contribution in [0.15, 0.2) is 0 Å². The van der Waals surface area contributed by atoms with Crippen LogP contribution in [0.4, 0.5) is 0 Å². The molecule has 1 heterocycles. The second-order valence-corrected chi connectivity index (χ2v) is 4.86. The average molecular weight is 227 g/mol. The molecular formula is C10H17N3OS. The van der Waals surface area contributed by atoms with Crippen LogP contribution in [0.2, 0.25) is 0 Å². The number of carbonyl (C=O) groups is 1. The summed E-state index contributed by atoms with van der Waals surface area (Å²) < 4.78 is 0. The van der Waals surface area contributed by atoms with Crippen molar-refractivity contribution in [3.05, 3.63) is 0 Å². The SMILES string of the molecule is CC[C@H](C)[C@H](N)C(=O)N1CSC[C@H]1C#N. The van der Waals surface area contributed by atoms with Gasteiger partial charge >= 0.3 is 0 Å². The topological polar surface area (TPSA) is 70.1 Å². The molecule has 0 unspecified atom stereocenters. The molecule has 84 valence electrons. The number of nitriles is 1. The van der Waals surface area contributed by atoms with E-state index >= 15 is 0 Å². The van der Waals surface area contributed by atoms with Gasteiger partial charge in [0.15, 0.2) is 0 Å². The smallest absolute Gasteiger partial charge is 0.241 e. The fourth-order valence-electron chi connectivity index (χ4n) is 1.46. The highest BCUT2D eigenvalue weighted by Crippen LogP contribution is 2.22. The highest BCUT2D eigenvalue weighted by atomic mass is 32.2. The zero-order chi connectivity index (χ0) is 11.4. The van der Waals surface area contributed by atoms with Crippen LogP contribution >= 0.6 is 11.8 Å². The van der Waals surface area contributed by atoms with Crippen LogP contribution in [0.1, 0.15) is 20.3 Å². The Labute approximate surface area is 94.8 Å². The van der Waals surface area contributed by atoms with Gasteiger partial charge in [0, 0.05) is 5.75 Å². The Morgan fingerprint density at radius 2 is 2.47 bits per heavy atom. The summed E-state index contributed by atoms with van der Waals surface area (Å²) in [6.45, 7) is 3.98. The van der Waals surface area contributed by atoms with Crippen molar-refractivity contribution < 1.29 is 4.79 Å². The Hall–Kier alpha value is -0.730. The van der Waals surface area contributed by atoms with Gasteiger partial charge in [0.2, 0.25) is 5.91 Å². The van der Waals surface area contributed by atoms with Crippen LogP contribution in [0.25, 0.3) is 0 Å². The maximum Gasteiger partial charge on any atom is 0.241 e. The molecule has 1 rings (SSSR count). The molecule has 0 aliphatic carbocycles. The van der Waals surface area contributed by atoms with E-state index in [0.717, 1.165) is 6.42 Å². The van der Waals surface area contributed by atoms with Gasteiger partial charge < -0.3 is 10.6 Å². The molecule has 0 aromatic heterocycles. The van der Waals surface area contributed by atoms with E-state index in [4.69, 9.17) is 11.0 Å². The van der Waals surface area contributed by atoms with Crippen molar-refractivity contribution in [1.82, 2.24) is 4.90 Å². The summed E-state index contributed by atoms with van der Waals surface area (Å²) in [5.74, 6) is 1.39. The van der Waals surface area contributed by atoms with Crippen LogP contribution in [0.5, 0.6) is 0 Å². The highest BCUT2D eigenvalue weighted by Gasteiger charge is 2.33. The molecule has 0 bridgehead atoms. The third kappa shape index (κ3) is 2.64. The standard InChI is InChI=1S/C10H17N3OS/c1-3-7(2)9(12)10(14)13-6-15-5-8(13)4-11/h7-9H,3,5-6,12H2,1-2H3/t7-,8+,9-/m0/s1. The Morgan fingerprint density at radius 1 is 1.80 bits per heavy atom. The van der Waals surface area contributed by atoms with Gasteiger partial charge in [-0.1, -0.05) is 20.3 Å². The Balaban J connectivity index is 2.64. The van der Waals surface area contributed by atoms with E-state index < -0.39 is 6.04 Å². The number of rotatable bonds is 3. The second kappa shape index (κ2) is 5.38. The van der Waals surface area contributed by atoms with E-state index in [1.165, 1.54) is 0 Å². The summed E-state index contributed by atoms with van der Waals surface area (Å²) in [5, 5.41) is 8.86. The molecule has 15 heavy (non-hydrogen) atoms. The largest absolute Gasteiger partial charge is 0.320 e. The normalized spacial score (nSPS) is 24.7. The molecule has 5 heteroatoms. The average Bonchev–Trinajstić information content (AvgIpc) is 2.73. The molecule has 1 aliphatic rings. The van der Waals surface area contributed by atoms with Crippen molar-refractivity contribution in [3.63, 3.8) is 0 Å². The molecule has 1 amide bonds. The molecule has 4 nitrogen and oxygen atoms in total. The lowest BCUT2D eigenvalue weighted by atomic mass is 9.99. The van der Waals surface area contributed by atoms with Gasteiger partial charge in [-0.3, -0.25) is 4.79 Å². The minimum absolute atomic E-state index is 0.0825. The lowest BCUT2D eigenvalue weighted by molar-refractivity contribution is -0.133. The minimum atomic E-state index is -0.468. The number of carbonyl (C=O) groups excluding carboxylic acids is 1. The van der Waals surface area contributed by atoms with Gasteiger partial charge in [-0.15, -0.1) is 11.8 Å². The zero-order valence-electron chi connectivity index (χ0n) is 9.14. The highest BCUT2D eigenvalue weighted by molar-refractivity contribution is 7.99. The summed E-state index contributed by atoms with van der Waals surface area (Å²) in [4.78, 5) is 13.6. The number of nitrogens with two attached hydrogens (primary N) is 1. The number of hydrogen-bond donors (Lipinski definition) is 1. The van der Waals surface area contributed by atoms with E-state index in [1.807, 2.05) is 13.8 Å². The first-order valence-corrected chi connectivity index (χ1v) is 6.30. The van der Waals surface area contributed by atoms with Crippen molar-refractivity contribution >= 4 is 17.7 Å². The molecule has 2 N–H and O–H groups in total. The predicted molar refractivity (Wildman–Crippen MR) is 61.0 cm³/mol. The first-order valence-electron chi connectivity index (χ1n) is 5.15. The molecule has 0 aromatic rings. The third-order valence-electron chi connectivity index (χ3n) is 2.86. The molecule has 1 aliphatic heterocycles. The van der Waals surface area contributed by atoms with Gasteiger partial charge in [-0.05, 0) is 5.92 Å². The fraction of sp³-hybridized carbons (Fsp3) is 0.800. The van der Waals surface area contributed by atoms with Crippen molar-refractivity contribution in [2.45, 2.75) is 32.4 Å². The first-order chi connectivity index (χ1) is 7.11. The lowest BCUT2D eigenvalue weighted by Gasteiger charge is -2.25. The number of nitrogens with zero attached hydrogens (tertiary/aromatic N) is 2. The van der Waals surface area contributed by atoms with E-state index in [1.54, 1.807) is 16.7 Å². The van der Waals surface area contributed by atoms with Crippen LogP contribution in [0, 0.1) is 17.2 Å². The maximum absolute atomic E-state index is 12.0. The van der Waals surface area contributed by atoms with Crippen LogP contribution < -0.4 is 5.73 Å². The second-order valence-electron chi connectivity index (χ2n) is 3.86. The van der Waals surface area contributed by atoms with Crippen molar-refractivity contribution in [1.29, 1.82) is 5.26 Å². The Bertz CT molecular complexity index is 276. The van der Waals surface area contributed by atoms with Crippen LogP contribution in [-0.4, -0.2) is 34.5 Å². The Morgan fingerprint density at radius 3 is 3.00 bits per heavy atom. The predicted octanol–water partition coefficient (Wildman–Crippen LogP) is 0.785. The fourth-order valence-corrected chi connectivity index (χ4v) is 2.54. The molecular weight excluding hydrogens is 210 g/mol. The van der Waals surface area contributed by atoms with Crippen LogP contribution in [0.3, 0.4) is 0 Å². The maximum atomic E-state index is 12.0. The third-order valence-corrected chi connectivity index (χ3v) is 3.87. The first kappa shape index (κ1) is 12.3. The van der Waals surface area contributed by atoms with Crippen molar-refractivity contribution in [2.75, 3.05) is 11.6 Å².